The van der Waals surface area contributed by atoms with Crippen molar-refractivity contribution >= 4 is 23.1 Å². The lowest BCUT2D eigenvalue weighted by Crippen LogP contribution is -2.49. The summed E-state index contributed by atoms with van der Waals surface area (Å²) in [6.07, 6.45) is 2.39. The fourth-order valence-electron chi connectivity index (χ4n) is 2.08. The summed E-state index contributed by atoms with van der Waals surface area (Å²) in [7, 11) is 2.07. The van der Waals surface area contributed by atoms with E-state index < -0.39 is 5.41 Å². The Morgan fingerprint density at radius 1 is 1.37 bits per heavy atom. The minimum absolute atomic E-state index is 0.0393. The fourth-order valence-corrected chi connectivity index (χ4v) is 2.46. The van der Waals surface area contributed by atoms with Gasteiger partial charge in [-0.2, -0.15) is 0 Å². The number of rotatable bonds is 9. The molecular weight excluding hydrogens is 258 g/mol. The van der Waals surface area contributed by atoms with Crippen LogP contribution in [-0.4, -0.2) is 42.0 Å². The second-order valence-electron chi connectivity index (χ2n) is 5.15. The summed E-state index contributed by atoms with van der Waals surface area (Å²) >= 11 is 5.07. The van der Waals surface area contributed by atoms with Gasteiger partial charge >= 0.3 is 0 Å². The van der Waals surface area contributed by atoms with Crippen LogP contribution in [0.15, 0.2) is 0 Å². The van der Waals surface area contributed by atoms with Gasteiger partial charge in [-0.1, -0.05) is 33.0 Å². The van der Waals surface area contributed by atoms with E-state index in [4.69, 9.17) is 18.0 Å². The lowest BCUT2D eigenvalue weighted by molar-refractivity contribution is -0.127. The maximum Gasteiger partial charge on any atom is 0.233 e. The highest BCUT2D eigenvalue weighted by Gasteiger charge is 2.37. The monoisotopic (exact) mass is 287 g/mol. The Morgan fingerprint density at radius 2 is 1.89 bits per heavy atom. The molecule has 1 amide bonds. The highest BCUT2D eigenvalue weighted by molar-refractivity contribution is 7.80. The summed E-state index contributed by atoms with van der Waals surface area (Å²) in [4.78, 5) is 14.8. The topological polar surface area (TPSA) is 58.4 Å². The third-order valence-electron chi connectivity index (χ3n) is 4.21. The Balaban J connectivity index is 4.41. The minimum Gasteiger partial charge on any atom is -0.392 e. The lowest BCUT2D eigenvalue weighted by atomic mass is 9.81. The zero-order chi connectivity index (χ0) is 15.1. The van der Waals surface area contributed by atoms with Crippen LogP contribution in [-0.2, 0) is 4.79 Å². The molecule has 0 fully saturated rings. The summed E-state index contributed by atoms with van der Waals surface area (Å²) in [5.41, 5.74) is 5.06. The summed E-state index contributed by atoms with van der Waals surface area (Å²) in [6, 6.07) is 0.523. The Bertz CT molecular complexity index is 303. The normalized spacial score (nSPS) is 13.4. The van der Waals surface area contributed by atoms with Crippen molar-refractivity contribution in [3.63, 3.8) is 0 Å². The van der Waals surface area contributed by atoms with Crippen LogP contribution in [0.3, 0.4) is 0 Å². The van der Waals surface area contributed by atoms with Crippen molar-refractivity contribution in [2.24, 2.45) is 11.1 Å². The van der Waals surface area contributed by atoms with Crippen molar-refractivity contribution in [3.05, 3.63) is 0 Å². The molecule has 0 rings (SSSR count). The number of carbonyl (C=O) groups excluding carboxylic acids is 1. The molecule has 0 saturated carbocycles. The molecule has 0 aromatic rings. The lowest BCUT2D eigenvalue weighted by Gasteiger charge is -2.30. The third kappa shape index (κ3) is 4.73. The van der Waals surface area contributed by atoms with Gasteiger partial charge in [-0.25, -0.2) is 0 Å². The van der Waals surface area contributed by atoms with Gasteiger partial charge in [-0.3, -0.25) is 4.79 Å². The van der Waals surface area contributed by atoms with Crippen molar-refractivity contribution in [2.75, 3.05) is 20.1 Å². The number of nitrogens with one attached hydrogen (secondary N) is 1. The van der Waals surface area contributed by atoms with E-state index in [1.807, 2.05) is 13.8 Å². The van der Waals surface area contributed by atoms with E-state index in [1.54, 1.807) is 0 Å². The molecule has 5 heteroatoms. The highest BCUT2D eigenvalue weighted by atomic mass is 32.1. The summed E-state index contributed by atoms with van der Waals surface area (Å²) in [5, 5.41) is 2.97. The molecule has 1 unspecified atom stereocenters. The maximum absolute atomic E-state index is 12.3. The Labute approximate surface area is 123 Å². The predicted molar refractivity (Wildman–Crippen MR) is 85.2 cm³/mol. The fraction of sp³-hybridized carbons (Fsp3) is 0.857. The number of thiocarbonyl (C=S) groups is 1. The standard InChI is InChI=1S/C14H29N3OS/c1-6-11(4)17(5)10-9-16-13(18)14(7-2,8-3)12(15)19/h11H,6-10H2,1-5H3,(H2,15,19)(H,16,18). The molecule has 0 aliphatic heterocycles. The van der Waals surface area contributed by atoms with E-state index in [9.17, 15) is 4.79 Å². The van der Waals surface area contributed by atoms with Gasteiger partial charge in [0.25, 0.3) is 0 Å². The number of likely N-dealkylation sites (N-methyl/N-ethyl adjacent to an activating group) is 1. The number of hydrogen-bond acceptors (Lipinski definition) is 3. The second-order valence-corrected chi connectivity index (χ2v) is 5.59. The van der Waals surface area contributed by atoms with Crippen LogP contribution in [0.2, 0.25) is 0 Å². The second kappa shape index (κ2) is 8.48. The van der Waals surface area contributed by atoms with Crippen molar-refractivity contribution in [3.8, 4) is 0 Å². The first-order valence-corrected chi connectivity index (χ1v) is 7.54. The largest absolute Gasteiger partial charge is 0.392 e. The van der Waals surface area contributed by atoms with Gasteiger partial charge in [0.15, 0.2) is 0 Å². The Hall–Kier alpha value is -0.680. The minimum atomic E-state index is -0.690. The van der Waals surface area contributed by atoms with Gasteiger partial charge in [0.1, 0.15) is 0 Å². The molecule has 19 heavy (non-hydrogen) atoms. The van der Waals surface area contributed by atoms with E-state index in [-0.39, 0.29) is 5.91 Å². The highest BCUT2D eigenvalue weighted by Crippen LogP contribution is 2.27. The van der Waals surface area contributed by atoms with Gasteiger partial charge in [0.05, 0.1) is 10.4 Å². The van der Waals surface area contributed by atoms with Gasteiger partial charge in [-0.05, 0) is 33.2 Å². The van der Waals surface area contributed by atoms with Crippen LogP contribution < -0.4 is 11.1 Å². The molecule has 0 aliphatic rings. The molecule has 3 N–H and O–H groups in total. The van der Waals surface area contributed by atoms with Crippen molar-refractivity contribution in [1.82, 2.24) is 10.2 Å². The van der Waals surface area contributed by atoms with E-state index >= 15 is 0 Å². The van der Waals surface area contributed by atoms with Crippen LogP contribution in [0.1, 0.15) is 47.0 Å². The molecule has 112 valence electrons. The van der Waals surface area contributed by atoms with Crippen molar-refractivity contribution < 1.29 is 4.79 Å². The number of amides is 1. The SMILES string of the molecule is CCC(C)N(C)CCNC(=O)C(CC)(CC)C(N)=S. The molecule has 0 heterocycles. The summed E-state index contributed by atoms with van der Waals surface area (Å²) in [6.45, 7) is 9.71. The average molecular weight is 287 g/mol. The molecule has 0 saturated heterocycles. The number of nitrogens with zero attached hydrogens (tertiary/aromatic N) is 1. The molecule has 0 radical (unpaired) electrons. The first-order valence-electron chi connectivity index (χ1n) is 7.14. The molecule has 0 aromatic heterocycles. The van der Waals surface area contributed by atoms with E-state index in [1.165, 1.54) is 0 Å². The van der Waals surface area contributed by atoms with Crippen molar-refractivity contribution in [1.29, 1.82) is 0 Å². The maximum atomic E-state index is 12.3. The first kappa shape index (κ1) is 18.3. The number of hydrogen-bond donors (Lipinski definition) is 2. The van der Waals surface area contributed by atoms with E-state index in [0.29, 0.717) is 30.4 Å². The molecule has 4 nitrogen and oxygen atoms in total. The molecule has 0 bridgehead atoms. The smallest absolute Gasteiger partial charge is 0.233 e. The Morgan fingerprint density at radius 3 is 2.26 bits per heavy atom. The van der Waals surface area contributed by atoms with E-state index in [2.05, 4.69) is 31.1 Å². The van der Waals surface area contributed by atoms with Crippen molar-refractivity contribution in [2.45, 2.75) is 53.0 Å². The average Bonchev–Trinajstić information content (AvgIpc) is 2.39. The van der Waals surface area contributed by atoms with Crippen LogP contribution >= 0.6 is 12.2 Å². The third-order valence-corrected chi connectivity index (χ3v) is 4.60. The molecule has 0 spiro atoms. The first-order chi connectivity index (χ1) is 8.85. The van der Waals surface area contributed by atoms with E-state index in [0.717, 1.165) is 13.0 Å². The Kier molecular flexibility index (Phi) is 8.18. The van der Waals surface area contributed by atoms with Gasteiger partial charge in [-0.15, -0.1) is 0 Å². The zero-order valence-electron chi connectivity index (χ0n) is 13.0. The van der Waals surface area contributed by atoms with Gasteiger partial charge in [0, 0.05) is 19.1 Å². The zero-order valence-corrected chi connectivity index (χ0v) is 13.8. The van der Waals surface area contributed by atoms with Gasteiger partial charge in [0.2, 0.25) is 5.91 Å². The summed E-state index contributed by atoms with van der Waals surface area (Å²) < 4.78 is 0. The molecule has 1 atom stereocenters. The molecular formula is C14H29N3OS. The van der Waals surface area contributed by atoms with Gasteiger partial charge < -0.3 is 16.0 Å². The van der Waals surface area contributed by atoms with Crippen LogP contribution in [0.4, 0.5) is 0 Å². The van der Waals surface area contributed by atoms with Crippen LogP contribution in [0, 0.1) is 5.41 Å². The predicted octanol–water partition coefficient (Wildman–Crippen LogP) is 1.93. The quantitative estimate of drug-likeness (QED) is 0.636. The summed E-state index contributed by atoms with van der Waals surface area (Å²) in [5.74, 6) is -0.0393. The van der Waals surface area contributed by atoms with Crippen LogP contribution in [0.5, 0.6) is 0 Å². The van der Waals surface area contributed by atoms with Crippen LogP contribution in [0.25, 0.3) is 0 Å². The molecule has 0 aromatic carbocycles. The number of carbonyl (C=O) groups is 1. The molecule has 0 aliphatic carbocycles. The number of nitrogens with two attached hydrogens (primary N) is 1.